The van der Waals surface area contributed by atoms with E-state index in [1.54, 1.807) is 12.1 Å². The van der Waals surface area contributed by atoms with Crippen LogP contribution in [0.5, 0.6) is 0 Å². The number of alkyl halides is 2. The predicted octanol–water partition coefficient (Wildman–Crippen LogP) is 4.15. The highest BCUT2D eigenvalue weighted by atomic mass is 19.3. The third kappa shape index (κ3) is 2.16. The minimum absolute atomic E-state index is 0.101. The second kappa shape index (κ2) is 4.30. The fourth-order valence-electron chi connectivity index (χ4n) is 2.77. The Hall–Kier alpha value is -0.960. The Kier molecular flexibility index (Phi) is 3.22. The number of hydrogen-bond acceptors (Lipinski definition) is 1. The molecule has 100 valence electrons. The molecule has 0 amide bonds. The molecule has 0 heterocycles. The van der Waals surface area contributed by atoms with E-state index in [9.17, 15) is 8.78 Å². The molecule has 18 heavy (non-hydrogen) atoms. The lowest BCUT2D eigenvalue weighted by Gasteiger charge is -2.08. The van der Waals surface area contributed by atoms with Crippen LogP contribution < -0.4 is 5.32 Å². The van der Waals surface area contributed by atoms with Gasteiger partial charge in [0.05, 0.1) is 0 Å². The molecule has 1 fully saturated rings. The lowest BCUT2D eigenvalue weighted by molar-refractivity contribution is 0.151. The van der Waals surface area contributed by atoms with Gasteiger partial charge in [0.15, 0.2) is 0 Å². The van der Waals surface area contributed by atoms with Crippen LogP contribution in [-0.4, -0.2) is 6.04 Å². The number of hydrogen-bond donors (Lipinski definition) is 1. The monoisotopic (exact) mass is 253 g/mol. The van der Waals surface area contributed by atoms with E-state index in [0.29, 0.717) is 12.6 Å². The Morgan fingerprint density at radius 1 is 1.17 bits per heavy atom. The van der Waals surface area contributed by atoms with Gasteiger partial charge in [0.25, 0.3) is 6.43 Å². The lowest BCUT2D eigenvalue weighted by Crippen LogP contribution is -2.21. The largest absolute Gasteiger partial charge is 0.309 e. The third-order valence-corrected chi connectivity index (χ3v) is 4.73. The molecular formula is C15H21F2N. The van der Waals surface area contributed by atoms with E-state index in [2.05, 4.69) is 33.0 Å². The zero-order chi connectivity index (χ0) is 13.6. The topological polar surface area (TPSA) is 12.0 Å². The van der Waals surface area contributed by atoms with Crippen molar-refractivity contribution in [1.29, 1.82) is 0 Å². The molecule has 0 atom stereocenters. The van der Waals surface area contributed by atoms with Gasteiger partial charge >= 0.3 is 0 Å². The molecule has 2 rings (SSSR count). The van der Waals surface area contributed by atoms with Gasteiger partial charge in [0.1, 0.15) is 0 Å². The van der Waals surface area contributed by atoms with Crippen molar-refractivity contribution in [2.75, 3.05) is 0 Å². The zero-order valence-corrected chi connectivity index (χ0v) is 11.4. The van der Waals surface area contributed by atoms with Crippen LogP contribution in [0.2, 0.25) is 0 Å². The third-order valence-electron chi connectivity index (χ3n) is 4.73. The Balaban J connectivity index is 1.98. The van der Waals surface area contributed by atoms with E-state index in [1.165, 1.54) is 6.07 Å². The van der Waals surface area contributed by atoms with Crippen molar-refractivity contribution in [1.82, 2.24) is 5.32 Å². The average molecular weight is 253 g/mol. The summed E-state index contributed by atoms with van der Waals surface area (Å²) in [5.41, 5.74) is 1.57. The van der Waals surface area contributed by atoms with Crippen molar-refractivity contribution in [2.45, 2.75) is 46.7 Å². The summed E-state index contributed by atoms with van der Waals surface area (Å²) in [6, 6.07) is 7.09. The Labute approximate surface area is 108 Å². The van der Waals surface area contributed by atoms with E-state index in [4.69, 9.17) is 0 Å². The van der Waals surface area contributed by atoms with Crippen LogP contribution in [0.1, 0.15) is 45.2 Å². The van der Waals surface area contributed by atoms with Crippen molar-refractivity contribution in [3.63, 3.8) is 0 Å². The van der Waals surface area contributed by atoms with Crippen LogP contribution in [0.25, 0.3) is 0 Å². The molecule has 1 aliphatic carbocycles. The maximum atomic E-state index is 12.6. The van der Waals surface area contributed by atoms with Gasteiger partial charge in [0.2, 0.25) is 0 Å². The highest BCUT2D eigenvalue weighted by molar-refractivity contribution is 5.25. The van der Waals surface area contributed by atoms with Crippen molar-refractivity contribution < 1.29 is 8.78 Å². The average Bonchev–Trinajstić information content (AvgIpc) is 2.67. The molecule has 0 aromatic heterocycles. The van der Waals surface area contributed by atoms with Crippen LogP contribution in [0.15, 0.2) is 24.3 Å². The fourth-order valence-corrected chi connectivity index (χ4v) is 2.77. The first-order valence-electron chi connectivity index (χ1n) is 6.37. The minimum Gasteiger partial charge on any atom is -0.309 e. The molecule has 3 heteroatoms. The van der Waals surface area contributed by atoms with Gasteiger partial charge in [-0.2, -0.15) is 0 Å². The molecule has 0 saturated heterocycles. The smallest absolute Gasteiger partial charge is 0.263 e. The van der Waals surface area contributed by atoms with Gasteiger partial charge in [-0.25, -0.2) is 8.78 Å². The molecule has 0 unspecified atom stereocenters. The predicted molar refractivity (Wildman–Crippen MR) is 69.6 cm³/mol. The summed E-state index contributed by atoms with van der Waals surface area (Å²) >= 11 is 0. The van der Waals surface area contributed by atoms with E-state index in [-0.39, 0.29) is 16.4 Å². The minimum atomic E-state index is -2.39. The molecule has 0 bridgehead atoms. The summed E-state index contributed by atoms with van der Waals surface area (Å²) in [5, 5.41) is 3.47. The van der Waals surface area contributed by atoms with E-state index in [1.807, 2.05) is 6.07 Å². The zero-order valence-electron chi connectivity index (χ0n) is 11.4. The fraction of sp³-hybridized carbons (Fsp3) is 0.600. The van der Waals surface area contributed by atoms with Crippen LogP contribution in [0.3, 0.4) is 0 Å². The molecule has 0 radical (unpaired) electrons. The Bertz CT molecular complexity index is 424. The Morgan fingerprint density at radius 2 is 1.78 bits per heavy atom. The molecule has 1 aliphatic rings. The summed E-state index contributed by atoms with van der Waals surface area (Å²) in [4.78, 5) is 0. The normalized spacial score (nSPS) is 21.3. The van der Waals surface area contributed by atoms with Gasteiger partial charge in [-0.1, -0.05) is 45.9 Å². The van der Waals surface area contributed by atoms with Crippen molar-refractivity contribution >= 4 is 0 Å². The van der Waals surface area contributed by atoms with Crippen molar-refractivity contribution in [3.8, 4) is 0 Å². The van der Waals surface area contributed by atoms with E-state index < -0.39 is 6.43 Å². The maximum absolute atomic E-state index is 12.6. The van der Waals surface area contributed by atoms with Crippen LogP contribution in [-0.2, 0) is 6.54 Å². The molecule has 0 spiro atoms. The summed E-state index contributed by atoms with van der Waals surface area (Å²) in [7, 11) is 0. The molecule has 1 aromatic carbocycles. The van der Waals surface area contributed by atoms with Gasteiger partial charge in [-0.05, 0) is 22.5 Å². The van der Waals surface area contributed by atoms with E-state index in [0.717, 1.165) is 5.56 Å². The number of rotatable bonds is 4. The number of benzene rings is 1. The number of nitrogens with one attached hydrogen (secondary N) is 1. The summed E-state index contributed by atoms with van der Waals surface area (Å²) < 4.78 is 25.2. The second-order valence-corrected chi connectivity index (χ2v) is 6.30. The van der Waals surface area contributed by atoms with E-state index >= 15 is 0 Å². The van der Waals surface area contributed by atoms with Crippen LogP contribution in [0, 0.1) is 10.8 Å². The van der Waals surface area contributed by atoms with Gasteiger partial charge in [-0.15, -0.1) is 0 Å². The first kappa shape index (κ1) is 13.5. The maximum Gasteiger partial charge on any atom is 0.263 e. The molecular weight excluding hydrogens is 232 g/mol. The highest BCUT2D eigenvalue weighted by Crippen LogP contribution is 2.62. The molecule has 1 saturated carbocycles. The summed E-state index contributed by atoms with van der Waals surface area (Å²) in [5.74, 6) is 0. The standard InChI is InChI=1S/C15H21F2N/c1-14(2)13(15(14,3)4)18-9-10-6-5-7-11(8-10)12(16)17/h5-8,12-13,18H,9H2,1-4H3. The summed E-state index contributed by atoms with van der Waals surface area (Å²) in [6.07, 6.45) is -2.39. The van der Waals surface area contributed by atoms with Crippen LogP contribution in [0.4, 0.5) is 8.78 Å². The number of halogens is 2. The molecule has 1 aromatic rings. The Morgan fingerprint density at radius 3 is 2.28 bits per heavy atom. The molecule has 1 N–H and O–H groups in total. The first-order chi connectivity index (χ1) is 8.26. The van der Waals surface area contributed by atoms with Crippen molar-refractivity contribution in [2.24, 2.45) is 10.8 Å². The molecule has 0 aliphatic heterocycles. The lowest BCUT2D eigenvalue weighted by atomic mass is 10.0. The summed E-state index contributed by atoms with van der Waals surface area (Å²) in [6.45, 7) is 9.60. The molecule has 1 nitrogen and oxygen atoms in total. The highest BCUT2D eigenvalue weighted by Gasteiger charge is 2.64. The first-order valence-corrected chi connectivity index (χ1v) is 6.37. The SMILES string of the molecule is CC1(C)C(NCc2cccc(C(F)F)c2)C1(C)C. The van der Waals surface area contributed by atoms with Gasteiger partial charge in [-0.3, -0.25) is 0 Å². The second-order valence-electron chi connectivity index (χ2n) is 6.30. The van der Waals surface area contributed by atoms with Gasteiger partial charge in [0, 0.05) is 18.2 Å². The van der Waals surface area contributed by atoms with Crippen molar-refractivity contribution in [3.05, 3.63) is 35.4 Å². The van der Waals surface area contributed by atoms with Crippen LogP contribution >= 0.6 is 0 Å². The quantitative estimate of drug-likeness (QED) is 0.850. The van der Waals surface area contributed by atoms with Gasteiger partial charge < -0.3 is 5.32 Å².